The summed E-state index contributed by atoms with van der Waals surface area (Å²) in [5.41, 5.74) is 1.02. The van der Waals surface area contributed by atoms with Crippen LogP contribution < -0.4 is 14.8 Å². The van der Waals surface area contributed by atoms with E-state index in [1.54, 1.807) is 7.11 Å². The number of rotatable bonds is 9. The lowest BCUT2D eigenvalue weighted by Crippen LogP contribution is -2.37. The molecule has 0 atom stereocenters. The Bertz CT molecular complexity index is 505. The van der Waals surface area contributed by atoms with Crippen molar-refractivity contribution < 1.29 is 14.2 Å². The van der Waals surface area contributed by atoms with Gasteiger partial charge >= 0.3 is 0 Å². The Hall–Kier alpha value is -1.01. The number of ether oxygens (including phenoxy) is 3. The van der Waals surface area contributed by atoms with Gasteiger partial charge in [0, 0.05) is 30.7 Å². The summed E-state index contributed by atoms with van der Waals surface area (Å²) in [6.45, 7) is 10.5. The van der Waals surface area contributed by atoms with Crippen molar-refractivity contribution in [3.8, 4) is 11.5 Å². The molecule has 1 aliphatic rings. The highest BCUT2D eigenvalue weighted by Crippen LogP contribution is 2.34. The maximum absolute atomic E-state index is 6.38. The molecule has 5 nitrogen and oxygen atoms in total. The molecule has 1 N–H and O–H groups in total. The summed E-state index contributed by atoms with van der Waals surface area (Å²) in [4.78, 5) is 2.44. The van der Waals surface area contributed by atoms with Crippen LogP contribution in [0.4, 0.5) is 0 Å². The lowest BCUT2D eigenvalue weighted by atomic mass is 10.2. The molecule has 0 bridgehead atoms. The maximum atomic E-state index is 6.38. The molecule has 1 heterocycles. The fourth-order valence-electron chi connectivity index (χ4n) is 2.69. The van der Waals surface area contributed by atoms with E-state index in [0.717, 1.165) is 63.7 Å². The van der Waals surface area contributed by atoms with E-state index in [4.69, 9.17) is 25.8 Å². The van der Waals surface area contributed by atoms with Gasteiger partial charge in [0.05, 0.1) is 26.4 Å². The number of halogens is 1. The summed E-state index contributed by atoms with van der Waals surface area (Å²) in [5.74, 6) is 1.41. The summed E-state index contributed by atoms with van der Waals surface area (Å²) in [5, 5.41) is 4.16. The van der Waals surface area contributed by atoms with Crippen LogP contribution in [0.1, 0.15) is 25.8 Å². The minimum atomic E-state index is 0.0825. The highest BCUT2D eigenvalue weighted by molar-refractivity contribution is 6.31. The molecule has 0 amide bonds. The van der Waals surface area contributed by atoms with Crippen molar-refractivity contribution in [3.05, 3.63) is 22.7 Å². The van der Waals surface area contributed by atoms with Gasteiger partial charge in [0.15, 0.2) is 11.5 Å². The zero-order valence-corrected chi connectivity index (χ0v) is 15.7. The molecular formula is C18H29ClN2O3. The Balaban J connectivity index is 1.79. The SMILES string of the molecule is COc1cc(CNCCCN2CCOCC2)c(Cl)cc1OC(C)C. The van der Waals surface area contributed by atoms with Crippen molar-refractivity contribution in [3.63, 3.8) is 0 Å². The van der Waals surface area contributed by atoms with E-state index >= 15 is 0 Å². The van der Waals surface area contributed by atoms with Gasteiger partial charge in [0.2, 0.25) is 0 Å². The summed E-state index contributed by atoms with van der Waals surface area (Å²) >= 11 is 6.38. The fraction of sp³-hybridized carbons (Fsp3) is 0.667. The van der Waals surface area contributed by atoms with E-state index in [1.165, 1.54) is 0 Å². The predicted octanol–water partition coefficient (Wildman–Crippen LogP) is 2.95. The molecular weight excluding hydrogens is 328 g/mol. The van der Waals surface area contributed by atoms with Crippen LogP contribution in [0.2, 0.25) is 5.02 Å². The minimum absolute atomic E-state index is 0.0825. The molecule has 0 aliphatic carbocycles. The molecule has 0 unspecified atom stereocenters. The molecule has 0 saturated carbocycles. The number of morpholine rings is 1. The van der Waals surface area contributed by atoms with Crippen LogP contribution in [-0.4, -0.2) is 57.5 Å². The molecule has 1 saturated heterocycles. The predicted molar refractivity (Wildman–Crippen MR) is 97.4 cm³/mol. The molecule has 1 fully saturated rings. The van der Waals surface area contributed by atoms with Crippen molar-refractivity contribution >= 4 is 11.6 Å². The number of methoxy groups -OCH3 is 1. The first kappa shape index (κ1) is 19.3. The molecule has 24 heavy (non-hydrogen) atoms. The van der Waals surface area contributed by atoms with Gasteiger partial charge in [-0.15, -0.1) is 0 Å². The minimum Gasteiger partial charge on any atom is -0.493 e. The number of benzene rings is 1. The molecule has 1 aromatic carbocycles. The van der Waals surface area contributed by atoms with E-state index in [1.807, 2.05) is 26.0 Å². The maximum Gasteiger partial charge on any atom is 0.163 e. The fourth-order valence-corrected chi connectivity index (χ4v) is 2.91. The van der Waals surface area contributed by atoms with Gasteiger partial charge in [0.1, 0.15) is 0 Å². The van der Waals surface area contributed by atoms with Gasteiger partial charge in [-0.05, 0) is 45.0 Å². The molecule has 2 rings (SSSR count). The van der Waals surface area contributed by atoms with Crippen LogP contribution in [0.25, 0.3) is 0 Å². The van der Waals surface area contributed by atoms with E-state index in [0.29, 0.717) is 10.8 Å². The number of nitrogens with one attached hydrogen (secondary N) is 1. The van der Waals surface area contributed by atoms with Crippen molar-refractivity contribution in [2.75, 3.05) is 46.5 Å². The number of hydrogen-bond acceptors (Lipinski definition) is 5. The Morgan fingerprint density at radius 3 is 2.67 bits per heavy atom. The van der Waals surface area contributed by atoms with E-state index in [9.17, 15) is 0 Å². The van der Waals surface area contributed by atoms with Gasteiger partial charge in [-0.3, -0.25) is 4.90 Å². The first-order chi connectivity index (χ1) is 11.6. The Morgan fingerprint density at radius 2 is 2.00 bits per heavy atom. The molecule has 0 radical (unpaired) electrons. The van der Waals surface area contributed by atoms with Crippen molar-refractivity contribution in [2.24, 2.45) is 0 Å². The second-order valence-electron chi connectivity index (χ2n) is 6.25. The summed E-state index contributed by atoms with van der Waals surface area (Å²) in [6.07, 6.45) is 1.20. The number of hydrogen-bond donors (Lipinski definition) is 1. The summed E-state index contributed by atoms with van der Waals surface area (Å²) in [7, 11) is 1.65. The quantitative estimate of drug-likeness (QED) is 0.689. The lowest BCUT2D eigenvalue weighted by Gasteiger charge is -2.26. The average Bonchev–Trinajstić information content (AvgIpc) is 2.56. The third kappa shape index (κ3) is 6.13. The molecule has 6 heteroatoms. The summed E-state index contributed by atoms with van der Waals surface area (Å²) < 4.78 is 16.5. The normalized spacial score (nSPS) is 15.7. The standard InChI is InChI=1S/C18H29ClN2O3/c1-14(2)24-18-12-16(19)15(11-17(18)22-3)13-20-5-4-6-21-7-9-23-10-8-21/h11-12,14,20H,4-10,13H2,1-3H3. The Kier molecular flexibility index (Phi) is 8.12. The molecule has 0 aromatic heterocycles. The van der Waals surface area contributed by atoms with E-state index in [-0.39, 0.29) is 6.10 Å². The second-order valence-corrected chi connectivity index (χ2v) is 6.65. The van der Waals surface area contributed by atoms with Gasteiger partial charge in [0.25, 0.3) is 0 Å². The zero-order chi connectivity index (χ0) is 17.4. The van der Waals surface area contributed by atoms with Crippen LogP contribution in [0.5, 0.6) is 11.5 Å². The monoisotopic (exact) mass is 356 g/mol. The third-order valence-electron chi connectivity index (χ3n) is 3.94. The highest BCUT2D eigenvalue weighted by Gasteiger charge is 2.12. The van der Waals surface area contributed by atoms with Crippen molar-refractivity contribution in [1.82, 2.24) is 10.2 Å². The van der Waals surface area contributed by atoms with Crippen LogP contribution in [0.3, 0.4) is 0 Å². The topological polar surface area (TPSA) is 43.0 Å². The first-order valence-electron chi connectivity index (χ1n) is 8.64. The Morgan fingerprint density at radius 1 is 1.25 bits per heavy atom. The lowest BCUT2D eigenvalue weighted by molar-refractivity contribution is 0.0374. The smallest absolute Gasteiger partial charge is 0.163 e. The first-order valence-corrected chi connectivity index (χ1v) is 9.02. The van der Waals surface area contributed by atoms with Gasteiger partial charge in [-0.2, -0.15) is 0 Å². The largest absolute Gasteiger partial charge is 0.493 e. The van der Waals surface area contributed by atoms with Gasteiger partial charge in [-0.1, -0.05) is 11.6 Å². The second kappa shape index (κ2) is 10.1. The average molecular weight is 357 g/mol. The molecule has 0 spiro atoms. The molecule has 1 aromatic rings. The third-order valence-corrected chi connectivity index (χ3v) is 4.29. The van der Waals surface area contributed by atoms with Crippen molar-refractivity contribution in [1.29, 1.82) is 0 Å². The Labute approximate surface area is 150 Å². The molecule has 136 valence electrons. The van der Waals surface area contributed by atoms with E-state index < -0.39 is 0 Å². The van der Waals surface area contributed by atoms with Crippen LogP contribution in [0.15, 0.2) is 12.1 Å². The summed E-state index contributed by atoms with van der Waals surface area (Å²) in [6, 6.07) is 3.79. The van der Waals surface area contributed by atoms with Crippen LogP contribution in [0, 0.1) is 0 Å². The van der Waals surface area contributed by atoms with Crippen molar-refractivity contribution in [2.45, 2.75) is 32.9 Å². The highest BCUT2D eigenvalue weighted by atomic mass is 35.5. The van der Waals surface area contributed by atoms with Gasteiger partial charge in [-0.25, -0.2) is 0 Å². The zero-order valence-electron chi connectivity index (χ0n) is 14.9. The van der Waals surface area contributed by atoms with Crippen LogP contribution >= 0.6 is 11.6 Å². The van der Waals surface area contributed by atoms with E-state index in [2.05, 4.69) is 10.2 Å². The van der Waals surface area contributed by atoms with Crippen LogP contribution in [-0.2, 0) is 11.3 Å². The molecule has 1 aliphatic heterocycles. The number of nitrogens with zero attached hydrogens (tertiary/aromatic N) is 1. The van der Waals surface area contributed by atoms with Gasteiger partial charge < -0.3 is 19.5 Å².